The first-order valence-corrected chi connectivity index (χ1v) is 14.2. The van der Waals surface area contributed by atoms with E-state index in [-0.39, 0.29) is 30.7 Å². The zero-order chi connectivity index (χ0) is 30.2. The molecule has 0 spiro atoms. The molecule has 222 valence electrons. The van der Waals surface area contributed by atoms with Gasteiger partial charge in [-0.05, 0) is 42.7 Å². The molecule has 5 N–H and O–H groups in total. The van der Waals surface area contributed by atoms with Gasteiger partial charge in [0.2, 0.25) is 10.0 Å². The number of sulfonamides is 1. The van der Waals surface area contributed by atoms with Crippen LogP contribution in [0, 0.1) is 11.6 Å². The molecular formula is C26H30F2N4O8S. The lowest BCUT2D eigenvalue weighted by molar-refractivity contribution is -0.0269. The van der Waals surface area contributed by atoms with E-state index in [4.69, 9.17) is 9.15 Å². The van der Waals surface area contributed by atoms with Crippen LogP contribution in [0.5, 0.6) is 0 Å². The Balaban J connectivity index is 1.87. The Labute approximate surface area is 234 Å². The third-order valence-corrected chi connectivity index (χ3v) is 6.41. The van der Waals surface area contributed by atoms with Gasteiger partial charge in [0.15, 0.2) is 5.69 Å². The highest BCUT2D eigenvalue weighted by Crippen LogP contribution is 2.17. The van der Waals surface area contributed by atoms with Crippen molar-refractivity contribution in [3.8, 4) is 0 Å². The number of aliphatic hydroxyl groups excluding tert-OH is 2. The van der Waals surface area contributed by atoms with E-state index < -0.39 is 63.8 Å². The first kappa shape index (κ1) is 31.6. The molecule has 3 rings (SSSR count). The summed E-state index contributed by atoms with van der Waals surface area (Å²) in [6.45, 7) is 0.0880. The zero-order valence-electron chi connectivity index (χ0n) is 22.1. The van der Waals surface area contributed by atoms with Crippen molar-refractivity contribution in [1.29, 1.82) is 0 Å². The monoisotopic (exact) mass is 596 g/mol. The largest absolute Gasteiger partial charge is 0.431 e. The lowest BCUT2D eigenvalue weighted by Gasteiger charge is -2.33. The van der Waals surface area contributed by atoms with E-state index >= 15 is 0 Å². The molecule has 1 heterocycles. The molecule has 41 heavy (non-hydrogen) atoms. The first-order valence-electron chi connectivity index (χ1n) is 12.3. The van der Waals surface area contributed by atoms with Crippen LogP contribution in [0.4, 0.5) is 14.8 Å². The number of ether oxygens (including phenoxy) is 1. The van der Waals surface area contributed by atoms with Crippen LogP contribution in [0.3, 0.4) is 0 Å². The van der Waals surface area contributed by atoms with E-state index in [0.717, 1.165) is 24.7 Å². The molecule has 0 aliphatic rings. The summed E-state index contributed by atoms with van der Waals surface area (Å²) in [7, 11) is -2.35. The molecule has 1 aromatic heterocycles. The Morgan fingerprint density at radius 1 is 1.00 bits per heavy atom. The molecule has 0 saturated heterocycles. The summed E-state index contributed by atoms with van der Waals surface area (Å²) < 4.78 is 62.6. The van der Waals surface area contributed by atoms with Gasteiger partial charge in [-0.1, -0.05) is 18.2 Å². The third kappa shape index (κ3) is 9.60. The lowest BCUT2D eigenvalue weighted by Crippen LogP contribution is -2.57. The number of halogens is 2. The molecule has 12 nitrogen and oxygen atoms in total. The number of aromatic nitrogens is 1. The molecule has 4 unspecified atom stereocenters. The van der Waals surface area contributed by atoms with Gasteiger partial charge in [0.25, 0.3) is 11.8 Å². The number of rotatable bonds is 14. The molecule has 0 bridgehead atoms. The highest BCUT2D eigenvalue weighted by Gasteiger charge is 2.35. The predicted octanol–water partition coefficient (Wildman–Crippen LogP) is 1.22. The van der Waals surface area contributed by atoms with Crippen LogP contribution in [0.2, 0.25) is 0 Å². The van der Waals surface area contributed by atoms with Gasteiger partial charge in [0.1, 0.15) is 30.1 Å². The van der Waals surface area contributed by atoms with Crippen molar-refractivity contribution in [3.63, 3.8) is 0 Å². The summed E-state index contributed by atoms with van der Waals surface area (Å²) in [5.41, 5.74) is -0.0526. The van der Waals surface area contributed by atoms with Gasteiger partial charge in [-0.15, -0.1) is 0 Å². The van der Waals surface area contributed by atoms with Gasteiger partial charge >= 0.3 is 6.01 Å². The minimum atomic E-state index is -3.76. The van der Waals surface area contributed by atoms with Gasteiger partial charge in [0, 0.05) is 25.3 Å². The fourth-order valence-electron chi connectivity index (χ4n) is 3.96. The average molecular weight is 597 g/mol. The van der Waals surface area contributed by atoms with Crippen molar-refractivity contribution in [2.75, 3.05) is 24.7 Å². The number of nitrogens with one attached hydrogen (secondary N) is 3. The van der Waals surface area contributed by atoms with Crippen LogP contribution in [0.15, 0.2) is 59.2 Å². The number of hydrogen-bond donors (Lipinski definition) is 5. The van der Waals surface area contributed by atoms with Crippen molar-refractivity contribution in [1.82, 2.24) is 15.6 Å². The van der Waals surface area contributed by atoms with E-state index in [9.17, 15) is 37.0 Å². The van der Waals surface area contributed by atoms with Gasteiger partial charge in [-0.2, -0.15) is 4.98 Å². The molecular weight excluding hydrogens is 566 g/mol. The van der Waals surface area contributed by atoms with Gasteiger partial charge in [-0.3, -0.25) is 9.59 Å². The van der Waals surface area contributed by atoms with Crippen LogP contribution in [-0.4, -0.2) is 79.7 Å². The number of methoxy groups -OCH3 is 1. The molecule has 0 saturated carbocycles. The van der Waals surface area contributed by atoms with E-state index in [1.807, 2.05) is 4.72 Å². The van der Waals surface area contributed by atoms with E-state index in [2.05, 4.69) is 15.6 Å². The van der Waals surface area contributed by atoms with Crippen LogP contribution in [0.1, 0.15) is 32.8 Å². The summed E-state index contributed by atoms with van der Waals surface area (Å²) in [6, 6.07) is 7.81. The first-order chi connectivity index (χ1) is 19.4. The van der Waals surface area contributed by atoms with Crippen molar-refractivity contribution in [2.24, 2.45) is 0 Å². The van der Waals surface area contributed by atoms with Gasteiger partial charge < -0.3 is 30.0 Å². The molecule has 2 amide bonds. The number of nitrogens with zero attached hydrogens (tertiary/aromatic N) is 1. The maximum absolute atomic E-state index is 13.9. The Morgan fingerprint density at radius 2 is 1.61 bits per heavy atom. The zero-order valence-corrected chi connectivity index (χ0v) is 22.9. The van der Waals surface area contributed by atoms with E-state index in [1.165, 1.54) is 7.11 Å². The molecule has 15 heteroatoms. The maximum Gasteiger partial charge on any atom is 0.309 e. The molecule has 2 aromatic carbocycles. The Morgan fingerprint density at radius 3 is 2.22 bits per heavy atom. The second-order valence-corrected chi connectivity index (χ2v) is 10.9. The fourth-order valence-corrected chi connectivity index (χ4v) is 4.37. The van der Waals surface area contributed by atoms with Crippen molar-refractivity contribution in [3.05, 3.63) is 83.2 Å². The summed E-state index contributed by atoms with van der Waals surface area (Å²) in [4.78, 5) is 29.5. The topological polar surface area (TPSA) is 180 Å². The summed E-state index contributed by atoms with van der Waals surface area (Å²) in [5.74, 6) is -3.30. The summed E-state index contributed by atoms with van der Waals surface area (Å²) in [6.07, 6.45) is -2.07. The van der Waals surface area contributed by atoms with Crippen LogP contribution >= 0.6 is 0 Å². The van der Waals surface area contributed by atoms with Gasteiger partial charge in [0.05, 0.1) is 18.3 Å². The number of hydrogen-bond acceptors (Lipinski definition) is 9. The SMILES string of the molecule is COCCC(NC(=O)c1ccccc1)C(O)C(O)C(Cc1cc(F)cc(F)c1)NC(=O)c1coc(NS(C)(=O)=O)n1. The lowest BCUT2D eigenvalue weighted by atomic mass is 9.92. The van der Waals surface area contributed by atoms with Crippen molar-refractivity contribution in [2.45, 2.75) is 37.1 Å². The molecule has 0 aliphatic carbocycles. The van der Waals surface area contributed by atoms with E-state index in [1.54, 1.807) is 30.3 Å². The predicted molar refractivity (Wildman–Crippen MR) is 142 cm³/mol. The minimum absolute atomic E-state index is 0.0420. The highest BCUT2D eigenvalue weighted by atomic mass is 32.2. The Bertz CT molecular complexity index is 1420. The smallest absolute Gasteiger partial charge is 0.309 e. The quantitative estimate of drug-likeness (QED) is 0.183. The standard InChI is InChI=1S/C26H30F2N4O8S/c1-39-9-8-19(29-24(35)16-6-4-3-5-7-16)22(33)23(34)20(12-15-10-17(27)13-18(28)11-15)30-25(36)21-14-40-26(31-21)32-41(2,37)38/h3-7,10-11,13-14,19-20,22-23,33-34H,8-9,12H2,1-2H3,(H,29,35)(H,30,36)(H,31,32). The van der Waals surface area contributed by atoms with E-state index in [0.29, 0.717) is 11.6 Å². The van der Waals surface area contributed by atoms with Crippen LogP contribution in [0.25, 0.3) is 0 Å². The molecule has 0 aliphatic heterocycles. The Kier molecular flexibility index (Phi) is 10.9. The number of carbonyl (C=O) groups excluding carboxylic acids is 2. The van der Waals surface area contributed by atoms with Crippen molar-refractivity contribution >= 4 is 27.9 Å². The number of carbonyl (C=O) groups is 2. The summed E-state index contributed by atoms with van der Waals surface area (Å²) in [5, 5.41) is 27.4. The second-order valence-electron chi connectivity index (χ2n) is 9.18. The normalized spacial score (nSPS) is 14.5. The third-order valence-electron chi connectivity index (χ3n) is 5.86. The van der Waals surface area contributed by atoms with Gasteiger partial charge in [-0.25, -0.2) is 21.9 Å². The second kappa shape index (κ2) is 14.1. The number of oxazole rings is 1. The number of benzene rings is 2. The maximum atomic E-state index is 13.9. The average Bonchev–Trinajstić information content (AvgIpc) is 3.36. The molecule has 4 atom stereocenters. The molecule has 0 radical (unpaired) electrons. The minimum Gasteiger partial charge on any atom is -0.431 e. The van der Waals surface area contributed by atoms with Crippen LogP contribution < -0.4 is 15.4 Å². The fraction of sp³-hybridized carbons (Fsp3) is 0.346. The number of anilines is 1. The molecule has 0 fully saturated rings. The number of amides is 2. The molecule has 3 aromatic rings. The van der Waals surface area contributed by atoms with Crippen molar-refractivity contribution < 1.29 is 46.2 Å². The number of aliphatic hydroxyl groups is 2. The Hall–Kier alpha value is -3.92. The van der Waals surface area contributed by atoms with Crippen LogP contribution in [-0.2, 0) is 21.2 Å². The highest BCUT2D eigenvalue weighted by molar-refractivity contribution is 7.91. The summed E-state index contributed by atoms with van der Waals surface area (Å²) >= 11 is 0.